The maximum Gasteiger partial charge on any atom is 0.317 e. The van der Waals surface area contributed by atoms with Gasteiger partial charge in [-0.05, 0) is 6.07 Å². The number of carbonyl (C=O) groups is 2. The minimum Gasteiger partial charge on any atom is -0.480 e. The van der Waals surface area contributed by atoms with Crippen LogP contribution >= 0.6 is 0 Å². The Hall–Kier alpha value is -2.52. The van der Waals surface area contributed by atoms with Gasteiger partial charge >= 0.3 is 5.97 Å². The number of carboxylic acids is 1. The summed E-state index contributed by atoms with van der Waals surface area (Å²) < 4.78 is 7.47. The Morgan fingerprint density at radius 3 is 2.92 bits per heavy atom. The first kappa shape index (κ1) is 16.9. The van der Waals surface area contributed by atoms with Crippen LogP contribution < -0.4 is 0 Å². The van der Waals surface area contributed by atoms with Gasteiger partial charge in [-0.2, -0.15) is 0 Å². The molecule has 0 aromatic carbocycles. The van der Waals surface area contributed by atoms with Gasteiger partial charge < -0.3 is 19.3 Å². The number of hydrogen-bond donors (Lipinski definition) is 1. The summed E-state index contributed by atoms with van der Waals surface area (Å²) in [6.07, 6.45) is 3.27. The zero-order valence-electron chi connectivity index (χ0n) is 14.5. The monoisotopic (exact) mass is 359 g/mol. The summed E-state index contributed by atoms with van der Waals surface area (Å²) in [5.41, 5.74) is 1.79. The molecule has 0 saturated carbocycles. The minimum absolute atomic E-state index is 0.0354. The van der Waals surface area contributed by atoms with E-state index in [-0.39, 0.29) is 24.4 Å². The summed E-state index contributed by atoms with van der Waals surface area (Å²) in [6.45, 7) is 2.54. The van der Waals surface area contributed by atoms with Crippen LogP contribution in [0.15, 0.2) is 18.6 Å². The van der Waals surface area contributed by atoms with Crippen LogP contribution in [0.5, 0.6) is 0 Å². The highest BCUT2D eigenvalue weighted by molar-refractivity contribution is 6.04. The van der Waals surface area contributed by atoms with E-state index in [9.17, 15) is 14.7 Å². The molecule has 2 fully saturated rings. The Morgan fingerprint density at radius 1 is 1.27 bits per heavy atom. The van der Waals surface area contributed by atoms with Gasteiger partial charge in [0, 0.05) is 38.8 Å². The summed E-state index contributed by atoms with van der Waals surface area (Å²) in [4.78, 5) is 36.7. The van der Waals surface area contributed by atoms with E-state index in [2.05, 4.69) is 9.97 Å². The van der Waals surface area contributed by atoms with E-state index in [4.69, 9.17) is 4.74 Å². The molecule has 0 spiro atoms. The first-order valence-corrected chi connectivity index (χ1v) is 8.62. The molecule has 0 aliphatic carbocycles. The molecule has 0 radical (unpaired) electrons. The van der Waals surface area contributed by atoms with Crippen molar-refractivity contribution < 1.29 is 19.4 Å². The summed E-state index contributed by atoms with van der Waals surface area (Å²) in [5.74, 6) is -0.864. The molecule has 1 amide bonds. The molecule has 2 aromatic rings. The lowest BCUT2D eigenvalue weighted by atomic mass is 10.1. The van der Waals surface area contributed by atoms with Crippen LogP contribution in [0.1, 0.15) is 10.4 Å². The molecule has 2 saturated heterocycles. The van der Waals surface area contributed by atoms with Crippen molar-refractivity contribution in [2.75, 3.05) is 39.4 Å². The van der Waals surface area contributed by atoms with Gasteiger partial charge in [-0.25, -0.2) is 9.97 Å². The van der Waals surface area contributed by atoms with Gasteiger partial charge in [-0.3, -0.25) is 14.5 Å². The number of pyridine rings is 1. The number of fused-ring (bicyclic) bond motifs is 4. The molecule has 0 unspecified atom stereocenters. The number of hydrogen-bond acceptors (Lipinski definition) is 6. The number of amides is 1. The first-order chi connectivity index (χ1) is 12.5. The molecular formula is C17H21N5O4. The van der Waals surface area contributed by atoms with Crippen LogP contribution in [-0.2, 0) is 16.6 Å². The molecule has 2 bridgehead atoms. The average Bonchev–Trinajstić information content (AvgIpc) is 2.76. The van der Waals surface area contributed by atoms with Gasteiger partial charge in [-0.15, -0.1) is 0 Å². The summed E-state index contributed by atoms with van der Waals surface area (Å²) in [6, 6.07) is 1.58. The minimum atomic E-state index is -0.861. The van der Waals surface area contributed by atoms with E-state index in [0.29, 0.717) is 49.6 Å². The summed E-state index contributed by atoms with van der Waals surface area (Å²) in [5, 5.41) is 9.17. The van der Waals surface area contributed by atoms with Crippen LogP contribution in [0.4, 0.5) is 0 Å². The highest BCUT2D eigenvalue weighted by Crippen LogP contribution is 2.23. The number of aryl methyl sites for hydroxylation is 1. The van der Waals surface area contributed by atoms with Crippen LogP contribution in [0.3, 0.4) is 0 Å². The van der Waals surface area contributed by atoms with Crippen molar-refractivity contribution in [3.05, 3.63) is 24.2 Å². The first-order valence-electron chi connectivity index (χ1n) is 8.62. The number of aliphatic carboxylic acids is 1. The van der Waals surface area contributed by atoms with Gasteiger partial charge in [0.25, 0.3) is 5.91 Å². The van der Waals surface area contributed by atoms with Crippen molar-refractivity contribution in [3.8, 4) is 0 Å². The molecule has 138 valence electrons. The molecular weight excluding hydrogens is 338 g/mol. The Bertz CT molecular complexity index is 851. The third-order valence-electron chi connectivity index (χ3n) is 5.04. The van der Waals surface area contributed by atoms with Crippen molar-refractivity contribution in [2.45, 2.75) is 6.04 Å². The SMILES string of the molecule is Cn1cnc2c(C(=O)N3C[C@@H]4COC[C@H](C3)N(CC(=O)O)C4)ccnc21. The van der Waals surface area contributed by atoms with E-state index >= 15 is 0 Å². The van der Waals surface area contributed by atoms with Gasteiger partial charge in [0.2, 0.25) is 0 Å². The number of ether oxygens (including phenoxy) is 1. The van der Waals surface area contributed by atoms with Crippen LogP contribution in [-0.4, -0.2) is 86.8 Å². The topological polar surface area (TPSA) is 101 Å². The highest BCUT2D eigenvalue weighted by atomic mass is 16.5. The van der Waals surface area contributed by atoms with E-state index in [1.54, 1.807) is 23.2 Å². The molecule has 2 aromatic heterocycles. The Morgan fingerprint density at radius 2 is 2.12 bits per heavy atom. The van der Waals surface area contributed by atoms with Crippen LogP contribution in [0.2, 0.25) is 0 Å². The van der Waals surface area contributed by atoms with E-state index < -0.39 is 5.97 Å². The lowest BCUT2D eigenvalue weighted by molar-refractivity contribution is -0.139. The van der Waals surface area contributed by atoms with Crippen LogP contribution in [0, 0.1) is 5.92 Å². The largest absolute Gasteiger partial charge is 0.480 e. The maximum absolute atomic E-state index is 13.2. The van der Waals surface area contributed by atoms with E-state index in [0.717, 1.165) is 0 Å². The number of aromatic nitrogens is 3. The fourth-order valence-corrected chi connectivity index (χ4v) is 3.83. The summed E-state index contributed by atoms with van der Waals surface area (Å²) in [7, 11) is 1.84. The van der Waals surface area contributed by atoms with Crippen molar-refractivity contribution in [3.63, 3.8) is 0 Å². The number of nitrogens with zero attached hydrogens (tertiary/aromatic N) is 5. The Balaban J connectivity index is 1.63. The van der Waals surface area contributed by atoms with Gasteiger partial charge in [0.15, 0.2) is 5.65 Å². The number of imidazole rings is 1. The van der Waals surface area contributed by atoms with Gasteiger partial charge in [-0.1, -0.05) is 0 Å². The molecule has 4 heterocycles. The van der Waals surface area contributed by atoms with E-state index in [1.165, 1.54) is 0 Å². The number of carboxylic acid groups (broad SMARTS) is 1. The summed E-state index contributed by atoms with van der Waals surface area (Å²) >= 11 is 0. The molecule has 9 nitrogen and oxygen atoms in total. The van der Waals surface area contributed by atoms with Crippen molar-refractivity contribution in [2.24, 2.45) is 13.0 Å². The zero-order chi connectivity index (χ0) is 18.3. The Labute approximate surface area is 150 Å². The zero-order valence-corrected chi connectivity index (χ0v) is 14.5. The van der Waals surface area contributed by atoms with Gasteiger partial charge in [0.1, 0.15) is 5.52 Å². The number of rotatable bonds is 3. The average molecular weight is 359 g/mol. The number of carbonyl (C=O) groups excluding carboxylic acids is 1. The lowest BCUT2D eigenvalue weighted by Gasteiger charge is -2.30. The molecule has 9 heteroatoms. The lowest BCUT2D eigenvalue weighted by Crippen LogP contribution is -2.47. The highest BCUT2D eigenvalue weighted by Gasteiger charge is 2.36. The molecule has 1 N–H and O–H groups in total. The maximum atomic E-state index is 13.2. The smallest absolute Gasteiger partial charge is 0.317 e. The van der Waals surface area contributed by atoms with Crippen molar-refractivity contribution >= 4 is 23.0 Å². The predicted octanol–water partition coefficient (Wildman–Crippen LogP) is -0.174. The third kappa shape index (κ3) is 3.04. The molecule has 2 atom stereocenters. The molecule has 2 aliphatic rings. The van der Waals surface area contributed by atoms with E-state index in [1.807, 2.05) is 16.8 Å². The predicted molar refractivity (Wildman–Crippen MR) is 91.7 cm³/mol. The standard InChI is InChI=1S/C17H21N5O4/c1-20-10-19-15-13(2-3-18-16(15)20)17(25)22-5-11-4-21(7-14(23)24)12(6-22)9-26-8-11/h2-3,10-12H,4-9H2,1H3,(H,23,24)/t11-,12+/m1/s1. The second-order valence-corrected chi connectivity index (χ2v) is 6.98. The third-order valence-corrected chi connectivity index (χ3v) is 5.04. The normalized spacial score (nSPS) is 23.8. The van der Waals surface area contributed by atoms with Crippen molar-refractivity contribution in [1.29, 1.82) is 0 Å². The fraction of sp³-hybridized carbons (Fsp3) is 0.529. The van der Waals surface area contributed by atoms with Crippen LogP contribution in [0.25, 0.3) is 11.2 Å². The molecule has 26 heavy (non-hydrogen) atoms. The molecule has 4 rings (SSSR count). The van der Waals surface area contributed by atoms with Gasteiger partial charge in [0.05, 0.1) is 37.7 Å². The van der Waals surface area contributed by atoms with Crippen molar-refractivity contribution in [1.82, 2.24) is 24.3 Å². The molecule has 2 aliphatic heterocycles. The Kier molecular flexibility index (Phi) is 4.33. The quantitative estimate of drug-likeness (QED) is 0.812. The second-order valence-electron chi connectivity index (χ2n) is 6.98. The fourth-order valence-electron chi connectivity index (χ4n) is 3.83. The second kappa shape index (κ2) is 6.65.